The van der Waals surface area contributed by atoms with Crippen molar-refractivity contribution < 1.29 is 4.79 Å². The van der Waals surface area contributed by atoms with Gasteiger partial charge in [-0.25, -0.2) is 19.6 Å². The highest BCUT2D eigenvalue weighted by atomic mass is 35.5. The molecule has 7 nitrogen and oxygen atoms in total. The molecule has 0 saturated carbocycles. The largest absolute Gasteiger partial charge is 0.321 e. The first-order chi connectivity index (χ1) is 10.2. The first kappa shape index (κ1) is 13.2. The van der Waals surface area contributed by atoms with Crippen LogP contribution in [0.5, 0.6) is 0 Å². The van der Waals surface area contributed by atoms with Gasteiger partial charge < -0.3 is 5.32 Å². The molecule has 0 radical (unpaired) electrons. The average molecular weight is 301 g/mol. The molecule has 0 atom stereocenters. The van der Waals surface area contributed by atoms with Crippen LogP contribution >= 0.6 is 11.6 Å². The van der Waals surface area contributed by atoms with Gasteiger partial charge in [-0.15, -0.1) is 0 Å². The van der Waals surface area contributed by atoms with Crippen molar-refractivity contribution in [3.63, 3.8) is 0 Å². The van der Waals surface area contributed by atoms with E-state index in [1.54, 1.807) is 24.5 Å². The second-order valence-electron chi connectivity index (χ2n) is 4.07. The summed E-state index contributed by atoms with van der Waals surface area (Å²) in [7, 11) is 0. The summed E-state index contributed by atoms with van der Waals surface area (Å²) in [6.45, 7) is 0. The summed E-state index contributed by atoms with van der Waals surface area (Å²) < 4.78 is 1.52. The number of nitrogens with zero attached hydrogens (tertiary/aromatic N) is 5. The molecule has 0 aliphatic carbocycles. The maximum absolute atomic E-state index is 12.0. The lowest BCUT2D eigenvalue weighted by atomic mass is 10.2. The summed E-state index contributed by atoms with van der Waals surface area (Å²) in [5.41, 5.74) is 0.993. The fourth-order valence-electron chi connectivity index (χ4n) is 1.67. The minimum absolute atomic E-state index is 0.266. The van der Waals surface area contributed by atoms with Gasteiger partial charge in [0.25, 0.3) is 5.91 Å². The van der Waals surface area contributed by atoms with Gasteiger partial charge in [-0.3, -0.25) is 4.79 Å². The van der Waals surface area contributed by atoms with Crippen LogP contribution in [0.3, 0.4) is 0 Å². The molecule has 0 fully saturated rings. The Hall–Kier alpha value is -2.80. The Balaban J connectivity index is 1.75. The third kappa shape index (κ3) is 3.03. The zero-order valence-electron chi connectivity index (χ0n) is 10.6. The van der Waals surface area contributed by atoms with Gasteiger partial charge in [0.15, 0.2) is 5.82 Å². The third-order valence-electron chi connectivity index (χ3n) is 2.65. The van der Waals surface area contributed by atoms with E-state index in [0.29, 0.717) is 17.1 Å². The molecule has 3 aromatic heterocycles. The van der Waals surface area contributed by atoms with Gasteiger partial charge in [0.1, 0.15) is 17.8 Å². The molecule has 0 unspecified atom stereocenters. The smallest absolute Gasteiger partial charge is 0.255 e. The second-order valence-corrected chi connectivity index (χ2v) is 4.45. The van der Waals surface area contributed by atoms with Gasteiger partial charge in [0.2, 0.25) is 0 Å². The molecule has 0 aromatic carbocycles. The molecule has 21 heavy (non-hydrogen) atoms. The SMILES string of the molecule is O=C(Nc1ccc(-n2cncn2)nc1)c1ccnc(Cl)c1. The summed E-state index contributed by atoms with van der Waals surface area (Å²) >= 11 is 5.75. The Labute approximate surface area is 124 Å². The van der Waals surface area contributed by atoms with Crippen LogP contribution < -0.4 is 5.32 Å². The lowest BCUT2D eigenvalue weighted by Gasteiger charge is -2.06. The molecular formula is C13H9ClN6O. The van der Waals surface area contributed by atoms with E-state index in [2.05, 4.69) is 25.4 Å². The molecule has 0 saturated heterocycles. The van der Waals surface area contributed by atoms with E-state index in [0.717, 1.165) is 0 Å². The summed E-state index contributed by atoms with van der Waals surface area (Å²) in [6.07, 6.45) is 5.98. The van der Waals surface area contributed by atoms with Crippen molar-refractivity contribution >= 4 is 23.2 Å². The van der Waals surface area contributed by atoms with Crippen molar-refractivity contribution in [2.75, 3.05) is 5.32 Å². The van der Waals surface area contributed by atoms with Gasteiger partial charge in [-0.2, -0.15) is 5.10 Å². The minimum atomic E-state index is -0.283. The Morgan fingerprint density at radius 2 is 2.14 bits per heavy atom. The van der Waals surface area contributed by atoms with Crippen molar-refractivity contribution in [1.82, 2.24) is 24.7 Å². The topological polar surface area (TPSA) is 85.6 Å². The van der Waals surface area contributed by atoms with Crippen molar-refractivity contribution in [2.24, 2.45) is 0 Å². The van der Waals surface area contributed by atoms with Crippen LogP contribution in [0.2, 0.25) is 5.15 Å². The quantitative estimate of drug-likeness (QED) is 0.747. The Kier molecular flexibility index (Phi) is 3.57. The zero-order chi connectivity index (χ0) is 14.7. The number of rotatable bonds is 3. The number of carbonyl (C=O) groups is 1. The molecule has 8 heteroatoms. The predicted molar refractivity (Wildman–Crippen MR) is 76.4 cm³/mol. The summed E-state index contributed by atoms with van der Waals surface area (Å²) in [4.78, 5) is 23.9. The summed E-state index contributed by atoms with van der Waals surface area (Å²) in [6, 6.07) is 6.53. The van der Waals surface area contributed by atoms with Crippen LogP contribution in [0.25, 0.3) is 5.82 Å². The van der Waals surface area contributed by atoms with Crippen molar-refractivity contribution in [3.05, 3.63) is 60.0 Å². The van der Waals surface area contributed by atoms with E-state index in [4.69, 9.17) is 11.6 Å². The van der Waals surface area contributed by atoms with Crippen LogP contribution in [0.1, 0.15) is 10.4 Å². The first-order valence-corrected chi connectivity index (χ1v) is 6.34. The molecular weight excluding hydrogens is 292 g/mol. The first-order valence-electron chi connectivity index (χ1n) is 5.96. The molecule has 0 spiro atoms. The number of aromatic nitrogens is 5. The Morgan fingerprint density at radius 1 is 1.24 bits per heavy atom. The van der Waals surface area contributed by atoms with Crippen LogP contribution in [-0.4, -0.2) is 30.6 Å². The molecule has 3 aromatic rings. The van der Waals surface area contributed by atoms with E-state index in [-0.39, 0.29) is 11.1 Å². The van der Waals surface area contributed by atoms with Gasteiger partial charge in [0, 0.05) is 11.8 Å². The Morgan fingerprint density at radius 3 is 2.81 bits per heavy atom. The van der Waals surface area contributed by atoms with Crippen molar-refractivity contribution in [2.45, 2.75) is 0 Å². The standard InChI is InChI=1S/C13H9ClN6O/c14-11-5-9(3-4-16-11)13(21)19-10-1-2-12(17-6-10)20-8-15-7-18-20/h1-8H,(H,19,21). The number of nitrogens with one attached hydrogen (secondary N) is 1. The van der Waals surface area contributed by atoms with Crippen molar-refractivity contribution in [3.8, 4) is 5.82 Å². The Bertz CT molecular complexity index is 757. The highest BCUT2D eigenvalue weighted by Gasteiger charge is 2.07. The number of carbonyl (C=O) groups excluding carboxylic acids is 1. The summed E-state index contributed by atoms with van der Waals surface area (Å²) in [5.74, 6) is 0.326. The lowest BCUT2D eigenvalue weighted by molar-refractivity contribution is 0.102. The number of hydrogen-bond acceptors (Lipinski definition) is 5. The zero-order valence-corrected chi connectivity index (χ0v) is 11.4. The van der Waals surface area contributed by atoms with Crippen LogP contribution in [0.15, 0.2) is 49.3 Å². The van der Waals surface area contributed by atoms with E-state index in [9.17, 15) is 4.79 Å². The van der Waals surface area contributed by atoms with Crippen LogP contribution in [0.4, 0.5) is 5.69 Å². The van der Waals surface area contributed by atoms with Crippen LogP contribution in [0, 0.1) is 0 Å². The van der Waals surface area contributed by atoms with E-state index in [1.165, 1.54) is 29.5 Å². The van der Waals surface area contributed by atoms with Crippen LogP contribution in [-0.2, 0) is 0 Å². The van der Waals surface area contributed by atoms with Gasteiger partial charge in [-0.1, -0.05) is 11.6 Å². The molecule has 3 rings (SSSR count). The fourth-order valence-corrected chi connectivity index (χ4v) is 1.84. The molecule has 104 valence electrons. The average Bonchev–Trinajstić information content (AvgIpc) is 3.02. The maximum atomic E-state index is 12.0. The molecule has 3 heterocycles. The monoisotopic (exact) mass is 300 g/mol. The number of amides is 1. The molecule has 1 amide bonds. The number of hydrogen-bond donors (Lipinski definition) is 1. The van der Waals surface area contributed by atoms with Gasteiger partial charge in [0.05, 0.1) is 11.9 Å². The summed E-state index contributed by atoms with van der Waals surface area (Å²) in [5, 5.41) is 6.96. The van der Waals surface area contributed by atoms with Crippen molar-refractivity contribution in [1.29, 1.82) is 0 Å². The number of halogens is 1. The normalized spacial score (nSPS) is 10.3. The second kappa shape index (κ2) is 5.68. The van der Waals surface area contributed by atoms with E-state index < -0.39 is 0 Å². The predicted octanol–water partition coefficient (Wildman–Crippen LogP) is 1.96. The van der Waals surface area contributed by atoms with Gasteiger partial charge in [-0.05, 0) is 24.3 Å². The number of anilines is 1. The highest BCUT2D eigenvalue weighted by molar-refractivity contribution is 6.29. The molecule has 1 N–H and O–H groups in total. The maximum Gasteiger partial charge on any atom is 0.255 e. The third-order valence-corrected chi connectivity index (χ3v) is 2.85. The highest BCUT2D eigenvalue weighted by Crippen LogP contribution is 2.12. The minimum Gasteiger partial charge on any atom is -0.321 e. The molecule has 0 aliphatic rings. The molecule has 0 bridgehead atoms. The fraction of sp³-hybridized carbons (Fsp3) is 0. The van der Waals surface area contributed by atoms with E-state index in [1.807, 2.05) is 0 Å². The van der Waals surface area contributed by atoms with Gasteiger partial charge >= 0.3 is 0 Å². The lowest BCUT2D eigenvalue weighted by Crippen LogP contribution is -2.12. The molecule has 0 aliphatic heterocycles. The number of pyridine rings is 2. The van der Waals surface area contributed by atoms with E-state index >= 15 is 0 Å².